The van der Waals surface area contributed by atoms with Crippen LogP contribution in [-0.4, -0.2) is 41.6 Å². The lowest BCUT2D eigenvalue weighted by atomic mass is 9.95. The Hall–Kier alpha value is -5.06. The number of anilines is 1. The van der Waals surface area contributed by atoms with Crippen LogP contribution in [0.15, 0.2) is 90.5 Å². The zero-order chi connectivity index (χ0) is 31.8. The predicted octanol–water partition coefficient (Wildman–Crippen LogP) is 7.32. The summed E-state index contributed by atoms with van der Waals surface area (Å²) in [5, 5.41) is 12.5. The smallest absolute Gasteiger partial charge is 0.301 e. The van der Waals surface area contributed by atoms with Gasteiger partial charge in [-0.25, -0.2) is 4.98 Å². The van der Waals surface area contributed by atoms with Crippen molar-refractivity contribution in [2.75, 3.05) is 24.7 Å². The van der Waals surface area contributed by atoms with E-state index in [1.807, 2.05) is 37.3 Å². The standard InChI is InChI=1S/C35H27ClN2O7S/c1-2-42-27-16-21(8-12-26(27)45-19-20-6-4-3-5-7-20)31-30(32(39)22-9-13-25-28(17-22)44-15-14-43-25)33(40)34(41)38(31)35-37-24-11-10-23(36)18-29(24)46-35/h3-13,16-18,31,39H,2,14-15,19H2,1H3/b32-30+/t31-/m1/s1. The van der Waals surface area contributed by atoms with Gasteiger partial charge in [0.15, 0.2) is 28.1 Å². The Bertz CT molecular complexity index is 2010. The highest BCUT2D eigenvalue weighted by molar-refractivity contribution is 7.22. The summed E-state index contributed by atoms with van der Waals surface area (Å²) in [7, 11) is 0. The number of thiazole rings is 1. The number of aliphatic hydroxyl groups excluding tert-OH is 1. The van der Waals surface area contributed by atoms with E-state index in [1.54, 1.807) is 54.6 Å². The maximum Gasteiger partial charge on any atom is 0.301 e. The fraction of sp³-hybridized carbons (Fsp3) is 0.171. The number of carbonyl (C=O) groups excluding carboxylic acids is 2. The third kappa shape index (κ3) is 5.50. The van der Waals surface area contributed by atoms with Crippen molar-refractivity contribution in [3.8, 4) is 23.0 Å². The highest BCUT2D eigenvalue weighted by Crippen LogP contribution is 2.46. The number of halogens is 1. The number of Topliss-reactive ketones (excluding diaryl/α,β-unsaturated/α-hetero) is 1. The number of hydrogen-bond acceptors (Lipinski definition) is 9. The lowest BCUT2D eigenvalue weighted by Gasteiger charge is -2.24. The number of ketones is 1. The van der Waals surface area contributed by atoms with Gasteiger partial charge in [0.1, 0.15) is 25.6 Å². The van der Waals surface area contributed by atoms with Crippen LogP contribution in [0.25, 0.3) is 16.0 Å². The molecule has 1 N–H and O–H groups in total. The van der Waals surface area contributed by atoms with Gasteiger partial charge >= 0.3 is 5.91 Å². The Morgan fingerprint density at radius 2 is 1.76 bits per heavy atom. The van der Waals surface area contributed by atoms with E-state index < -0.39 is 17.7 Å². The third-order valence-electron chi connectivity index (χ3n) is 7.63. The Morgan fingerprint density at radius 1 is 0.957 bits per heavy atom. The first-order valence-corrected chi connectivity index (χ1v) is 15.8. The molecule has 7 rings (SSSR count). The summed E-state index contributed by atoms with van der Waals surface area (Å²) in [6.45, 7) is 3.28. The second-order valence-electron chi connectivity index (χ2n) is 10.5. The van der Waals surface area contributed by atoms with Gasteiger partial charge in [-0.1, -0.05) is 59.3 Å². The quantitative estimate of drug-likeness (QED) is 0.105. The zero-order valence-corrected chi connectivity index (χ0v) is 26.1. The minimum Gasteiger partial charge on any atom is -0.507 e. The SMILES string of the molecule is CCOc1cc([C@@H]2/C(=C(\O)c3ccc4c(c3)OCCO4)C(=O)C(=O)N2c2nc3ccc(Cl)cc3s2)ccc1OCc1ccccc1. The molecule has 0 bridgehead atoms. The number of benzene rings is 4. The second-order valence-corrected chi connectivity index (χ2v) is 12.0. The van der Waals surface area contributed by atoms with Crippen LogP contribution in [-0.2, 0) is 16.2 Å². The van der Waals surface area contributed by atoms with E-state index in [0.717, 1.165) is 10.3 Å². The van der Waals surface area contributed by atoms with Gasteiger partial charge in [0.2, 0.25) is 0 Å². The molecule has 1 saturated heterocycles. The fourth-order valence-electron chi connectivity index (χ4n) is 5.50. The Morgan fingerprint density at radius 3 is 2.57 bits per heavy atom. The van der Waals surface area contributed by atoms with Gasteiger partial charge in [-0.15, -0.1) is 0 Å². The topological polar surface area (TPSA) is 107 Å². The van der Waals surface area contributed by atoms with Gasteiger partial charge in [-0.05, 0) is 66.6 Å². The fourth-order valence-corrected chi connectivity index (χ4v) is 6.77. The van der Waals surface area contributed by atoms with Crippen molar-refractivity contribution in [3.05, 3.63) is 112 Å². The number of rotatable bonds is 8. The molecule has 11 heteroatoms. The zero-order valence-electron chi connectivity index (χ0n) is 24.6. The summed E-state index contributed by atoms with van der Waals surface area (Å²) in [4.78, 5) is 33.6. The van der Waals surface area contributed by atoms with Crippen LogP contribution in [0, 0.1) is 0 Å². The van der Waals surface area contributed by atoms with Crippen molar-refractivity contribution >= 4 is 55.7 Å². The number of ether oxygens (including phenoxy) is 4. The van der Waals surface area contributed by atoms with Crippen LogP contribution >= 0.6 is 22.9 Å². The van der Waals surface area contributed by atoms with Gasteiger partial charge in [0.25, 0.3) is 5.78 Å². The molecule has 1 aromatic heterocycles. The lowest BCUT2D eigenvalue weighted by Crippen LogP contribution is -2.29. The summed E-state index contributed by atoms with van der Waals surface area (Å²) in [6.07, 6.45) is 0. The van der Waals surface area contributed by atoms with Crippen molar-refractivity contribution in [2.45, 2.75) is 19.6 Å². The van der Waals surface area contributed by atoms with E-state index in [1.165, 1.54) is 16.2 Å². The molecule has 1 fully saturated rings. The minimum absolute atomic E-state index is 0.0978. The normalized spacial score (nSPS) is 17.0. The molecule has 4 aromatic carbocycles. The van der Waals surface area contributed by atoms with Crippen LogP contribution in [0.2, 0.25) is 5.02 Å². The van der Waals surface area contributed by atoms with Crippen molar-refractivity contribution in [2.24, 2.45) is 0 Å². The summed E-state index contributed by atoms with van der Waals surface area (Å²) >= 11 is 7.46. The van der Waals surface area contributed by atoms with E-state index in [9.17, 15) is 14.7 Å². The summed E-state index contributed by atoms with van der Waals surface area (Å²) < 4.78 is 24.2. The number of aromatic nitrogens is 1. The average molecular weight is 655 g/mol. The molecule has 1 atom stereocenters. The number of aliphatic hydroxyl groups is 1. The number of carbonyl (C=O) groups is 2. The molecule has 2 aliphatic heterocycles. The van der Waals surface area contributed by atoms with E-state index in [2.05, 4.69) is 4.98 Å². The summed E-state index contributed by atoms with van der Waals surface area (Å²) in [6, 6.07) is 24.0. The van der Waals surface area contributed by atoms with Gasteiger partial charge in [-0.3, -0.25) is 14.5 Å². The first-order valence-electron chi connectivity index (χ1n) is 14.6. The highest BCUT2D eigenvalue weighted by Gasteiger charge is 2.48. The number of nitrogens with zero attached hydrogens (tertiary/aromatic N) is 2. The molecule has 0 radical (unpaired) electrons. The number of fused-ring (bicyclic) bond motifs is 2. The van der Waals surface area contributed by atoms with Gasteiger partial charge in [0, 0.05) is 10.6 Å². The molecule has 9 nitrogen and oxygen atoms in total. The van der Waals surface area contributed by atoms with Crippen LogP contribution in [0.1, 0.15) is 29.7 Å². The third-order valence-corrected chi connectivity index (χ3v) is 8.88. The second kappa shape index (κ2) is 12.4. The van der Waals surface area contributed by atoms with E-state index in [-0.39, 0.29) is 16.5 Å². The highest BCUT2D eigenvalue weighted by atomic mass is 35.5. The Balaban J connectivity index is 1.36. The van der Waals surface area contributed by atoms with E-state index in [4.69, 9.17) is 30.5 Å². The molecule has 1 amide bonds. The number of amides is 1. The van der Waals surface area contributed by atoms with Crippen LogP contribution in [0.4, 0.5) is 5.13 Å². The molecule has 0 spiro atoms. The van der Waals surface area contributed by atoms with Crippen LogP contribution in [0.3, 0.4) is 0 Å². The first kappa shape index (κ1) is 29.6. The first-order chi connectivity index (χ1) is 22.4. The maximum absolute atomic E-state index is 13.8. The molecule has 232 valence electrons. The summed E-state index contributed by atoms with van der Waals surface area (Å²) in [5.74, 6) is -0.143. The Kier molecular flexibility index (Phi) is 7.98. The molecule has 5 aromatic rings. The molecule has 2 aliphatic rings. The van der Waals surface area contributed by atoms with E-state index >= 15 is 0 Å². The van der Waals surface area contributed by atoms with E-state index in [0.29, 0.717) is 71.1 Å². The molecule has 0 aliphatic carbocycles. The largest absolute Gasteiger partial charge is 0.507 e. The maximum atomic E-state index is 13.8. The van der Waals surface area contributed by atoms with Crippen molar-refractivity contribution < 1.29 is 33.6 Å². The van der Waals surface area contributed by atoms with Gasteiger partial charge < -0.3 is 24.1 Å². The van der Waals surface area contributed by atoms with Gasteiger partial charge in [0.05, 0.1) is 28.4 Å². The minimum atomic E-state index is -1.04. The predicted molar refractivity (Wildman–Crippen MR) is 175 cm³/mol. The summed E-state index contributed by atoms with van der Waals surface area (Å²) in [5.41, 5.74) is 2.33. The average Bonchev–Trinajstić information content (AvgIpc) is 3.61. The molecule has 46 heavy (non-hydrogen) atoms. The van der Waals surface area contributed by atoms with Crippen molar-refractivity contribution in [1.82, 2.24) is 4.98 Å². The molecule has 3 heterocycles. The lowest BCUT2D eigenvalue weighted by molar-refractivity contribution is -0.132. The van der Waals surface area contributed by atoms with Crippen molar-refractivity contribution in [3.63, 3.8) is 0 Å². The monoisotopic (exact) mass is 654 g/mol. The molecular weight excluding hydrogens is 628 g/mol. The van der Waals surface area contributed by atoms with Gasteiger partial charge in [-0.2, -0.15) is 0 Å². The molecule has 0 saturated carbocycles. The number of hydrogen-bond donors (Lipinski definition) is 1. The van der Waals surface area contributed by atoms with Crippen LogP contribution in [0.5, 0.6) is 23.0 Å². The molecule has 0 unspecified atom stereocenters. The Labute approximate surface area is 273 Å². The van der Waals surface area contributed by atoms with Crippen molar-refractivity contribution in [1.29, 1.82) is 0 Å². The molecular formula is C35H27ClN2O7S. The van der Waals surface area contributed by atoms with Crippen LogP contribution < -0.4 is 23.8 Å².